The lowest BCUT2D eigenvalue weighted by Gasteiger charge is -2.44. The number of carboxylic acids is 1. The first-order valence-corrected chi connectivity index (χ1v) is 8.19. The van der Waals surface area contributed by atoms with E-state index in [4.69, 9.17) is 0 Å². The van der Waals surface area contributed by atoms with Crippen molar-refractivity contribution in [3.8, 4) is 0 Å². The van der Waals surface area contributed by atoms with Gasteiger partial charge in [-0.2, -0.15) is 0 Å². The molecule has 0 aromatic carbocycles. The number of hydrogen-bond donors (Lipinski definition) is 2. The standard InChI is InChI=1S/C16H28N2O3/c1-12-6-7-13(10-12)17-15(21)18(2)16(11-14(19)20)8-4-3-5-9-16/h12-13H,3-11H2,1-2H3,(H,17,21)(H,19,20). The van der Waals surface area contributed by atoms with Crippen LogP contribution in [0.4, 0.5) is 4.79 Å². The van der Waals surface area contributed by atoms with Crippen molar-refractivity contribution < 1.29 is 14.7 Å². The molecule has 120 valence electrons. The molecule has 0 spiro atoms. The first kappa shape index (κ1) is 16.1. The van der Waals surface area contributed by atoms with Crippen molar-refractivity contribution in [2.24, 2.45) is 5.92 Å². The molecule has 2 aliphatic rings. The molecule has 2 amide bonds. The molecule has 2 unspecified atom stereocenters. The summed E-state index contributed by atoms with van der Waals surface area (Å²) >= 11 is 0. The van der Waals surface area contributed by atoms with Crippen molar-refractivity contribution >= 4 is 12.0 Å². The molecule has 0 bridgehead atoms. The van der Waals surface area contributed by atoms with Gasteiger partial charge in [0.15, 0.2) is 0 Å². The fourth-order valence-electron chi connectivity index (χ4n) is 3.95. The normalized spacial score (nSPS) is 28.1. The van der Waals surface area contributed by atoms with Gasteiger partial charge < -0.3 is 15.3 Å². The first-order chi connectivity index (χ1) is 9.93. The molecule has 0 aromatic rings. The van der Waals surface area contributed by atoms with E-state index < -0.39 is 11.5 Å². The minimum Gasteiger partial charge on any atom is -0.481 e. The maximum absolute atomic E-state index is 12.5. The zero-order valence-electron chi connectivity index (χ0n) is 13.2. The molecule has 2 N–H and O–H groups in total. The van der Waals surface area contributed by atoms with Crippen LogP contribution in [0.5, 0.6) is 0 Å². The summed E-state index contributed by atoms with van der Waals surface area (Å²) in [6, 6.07) is 0.151. The fourth-order valence-corrected chi connectivity index (χ4v) is 3.95. The largest absolute Gasteiger partial charge is 0.481 e. The number of carbonyl (C=O) groups excluding carboxylic acids is 1. The van der Waals surface area contributed by atoms with Gasteiger partial charge in [-0.05, 0) is 38.0 Å². The van der Waals surface area contributed by atoms with E-state index in [0.717, 1.165) is 51.4 Å². The van der Waals surface area contributed by atoms with Gasteiger partial charge in [-0.1, -0.05) is 26.2 Å². The van der Waals surface area contributed by atoms with Gasteiger partial charge in [-0.3, -0.25) is 4.79 Å². The average molecular weight is 296 g/mol. The van der Waals surface area contributed by atoms with E-state index in [9.17, 15) is 14.7 Å². The van der Waals surface area contributed by atoms with Crippen molar-refractivity contribution in [1.82, 2.24) is 10.2 Å². The molecule has 21 heavy (non-hydrogen) atoms. The van der Waals surface area contributed by atoms with Crippen LogP contribution in [0.3, 0.4) is 0 Å². The highest BCUT2D eigenvalue weighted by molar-refractivity contribution is 5.77. The van der Waals surface area contributed by atoms with E-state index in [-0.39, 0.29) is 18.5 Å². The van der Waals surface area contributed by atoms with E-state index in [0.29, 0.717) is 5.92 Å². The predicted molar refractivity (Wildman–Crippen MR) is 81.2 cm³/mol. The summed E-state index contributed by atoms with van der Waals surface area (Å²) in [5.41, 5.74) is -0.502. The molecule has 0 aliphatic heterocycles. The number of carboxylic acid groups (broad SMARTS) is 1. The van der Waals surface area contributed by atoms with Crippen LogP contribution in [0, 0.1) is 5.92 Å². The molecular formula is C16H28N2O3. The van der Waals surface area contributed by atoms with E-state index >= 15 is 0 Å². The zero-order valence-corrected chi connectivity index (χ0v) is 13.2. The molecule has 0 radical (unpaired) electrons. The predicted octanol–water partition coefficient (Wildman–Crippen LogP) is 2.99. The maximum atomic E-state index is 12.5. The number of carbonyl (C=O) groups is 2. The van der Waals surface area contributed by atoms with Crippen molar-refractivity contribution in [3.63, 3.8) is 0 Å². The number of nitrogens with one attached hydrogen (secondary N) is 1. The summed E-state index contributed by atoms with van der Waals surface area (Å²) in [6.45, 7) is 2.21. The second-order valence-electron chi connectivity index (χ2n) is 6.98. The van der Waals surface area contributed by atoms with Gasteiger partial charge in [0.25, 0.3) is 0 Å². The second-order valence-corrected chi connectivity index (χ2v) is 6.98. The lowest BCUT2D eigenvalue weighted by Crippen LogP contribution is -2.56. The van der Waals surface area contributed by atoms with E-state index in [1.54, 1.807) is 11.9 Å². The molecule has 2 saturated carbocycles. The maximum Gasteiger partial charge on any atom is 0.317 e. The quantitative estimate of drug-likeness (QED) is 0.838. The Morgan fingerprint density at radius 3 is 2.43 bits per heavy atom. The number of hydrogen-bond acceptors (Lipinski definition) is 2. The van der Waals surface area contributed by atoms with Crippen molar-refractivity contribution in [2.45, 2.75) is 76.3 Å². The van der Waals surface area contributed by atoms with Gasteiger partial charge in [0, 0.05) is 13.1 Å². The third-order valence-electron chi connectivity index (χ3n) is 5.30. The Bertz CT molecular complexity index is 391. The van der Waals surface area contributed by atoms with Gasteiger partial charge in [0.1, 0.15) is 0 Å². The lowest BCUT2D eigenvalue weighted by atomic mass is 9.78. The molecule has 0 heterocycles. The van der Waals surface area contributed by atoms with Gasteiger partial charge in [0.05, 0.1) is 12.0 Å². The van der Waals surface area contributed by atoms with Crippen LogP contribution >= 0.6 is 0 Å². The number of amides is 2. The van der Waals surface area contributed by atoms with Crippen molar-refractivity contribution in [2.75, 3.05) is 7.05 Å². The highest BCUT2D eigenvalue weighted by atomic mass is 16.4. The molecule has 5 nitrogen and oxygen atoms in total. The Kier molecular flexibility index (Phi) is 5.12. The Balaban J connectivity index is 2.01. The number of nitrogens with zero attached hydrogens (tertiary/aromatic N) is 1. The third-order valence-corrected chi connectivity index (χ3v) is 5.30. The SMILES string of the molecule is CC1CCC(NC(=O)N(C)C2(CC(=O)O)CCCCC2)C1. The number of rotatable bonds is 4. The van der Waals surface area contributed by atoms with Crippen LogP contribution < -0.4 is 5.32 Å². The molecular weight excluding hydrogens is 268 g/mol. The Labute approximate surface area is 127 Å². The van der Waals surface area contributed by atoms with Crippen LogP contribution in [0.1, 0.15) is 64.7 Å². The van der Waals surface area contributed by atoms with Gasteiger partial charge in [-0.15, -0.1) is 0 Å². The van der Waals surface area contributed by atoms with Gasteiger partial charge in [-0.25, -0.2) is 4.79 Å². The fraction of sp³-hybridized carbons (Fsp3) is 0.875. The molecule has 5 heteroatoms. The topological polar surface area (TPSA) is 69.6 Å². The smallest absolute Gasteiger partial charge is 0.317 e. The first-order valence-electron chi connectivity index (χ1n) is 8.19. The second kappa shape index (κ2) is 6.67. The van der Waals surface area contributed by atoms with Crippen LogP contribution in [0.2, 0.25) is 0 Å². The summed E-state index contributed by atoms with van der Waals surface area (Å²) in [5.74, 6) is -0.144. The van der Waals surface area contributed by atoms with Crippen LogP contribution in [0.15, 0.2) is 0 Å². The lowest BCUT2D eigenvalue weighted by molar-refractivity contribution is -0.140. The van der Waals surface area contributed by atoms with E-state index in [2.05, 4.69) is 12.2 Å². The van der Waals surface area contributed by atoms with Gasteiger partial charge >= 0.3 is 12.0 Å². The minimum atomic E-state index is -0.814. The van der Waals surface area contributed by atoms with E-state index in [1.165, 1.54) is 0 Å². The third kappa shape index (κ3) is 3.89. The summed E-state index contributed by atoms with van der Waals surface area (Å²) in [4.78, 5) is 25.4. The van der Waals surface area contributed by atoms with E-state index in [1.807, 2.05) is 0 Å². The highest BCUT2D eigenvalue weighted by Gasteiger charge is 2.41. The number of urea groups is 1. The van der Waals surface area contributed by atoms with Crippen LogP contribution in [-0.4, -0.2) is 40.6 Å². The van der Waals surface area contributed by atoms with Crippen molar-refractivity contribution in [3.05, 3.63) is 0 Å². The summed E-state index contributed by atoms with van der Waals surface area (Å²) < 4.78 is 0. The van der Waals surface area contributed by atoms with Gasteiger partial charge in [0.2, 0.25) is 0 Å². The van der Waals surface area contributed by atoms with Crippen LogP contribution in [-0.2, 0) is 4.79 Å². The molecule has 2 rings (SSSR count). The Morgan fingerprint density at radius 2 is 1.90 bits per heavy atom. The van der Waals surface area contributed by atoms with Crippen LogP contribution in [0.25, 0.3) is 0 Å². The summed E-state index contributed by atoms with van der Waals surface area (Å²) in [7, 11) is 1.77. The summed E-state index contributed by atoms with van der Waals surface area (Å²) in [5, 5.41) is 12.3. The molecule has 2 atom stereocenters. The highest BCUT2D eigenvalue weighted by Crippen LogP contribution is 2.36. The number of aliphatic carboxylic acids is 1. The Hall–Kier alpha value is -1.26. The minimum absolute atomic E-state index is 0.0536. The Morgan fingerprint density at radius 1 is 1.24 bits per heavy atom. The molecule has 0 aromatic heterocycles. The van der Waals surface area contributed by atoms with Crippen molar-refractivity contribution in [1.29, 1.82) is 0 Å². The monoisotopic (exact) mass is 296 g/mol. The average Bonchev–Trinajstić information content (AvgIpc) is 2.83. The zero-order chi connectivity index (χ0) is 15.5. The molecule has 2 aliphatic carbocycles. The summed E-state index contributed by atoms with van der Waals surface area (Å²) in [6.07, 6.45) is 8.02. The molecule has 0 saturated heterocycles. The molecule has 2 fully saturated rings.